The molecule has 7 heteroatoms. The van der Waals surface area contributed by atoms with Gasteiger partial charge in [-0.05, 0) is 31.5 Å². The fourth-order valence-electron chi connectivity index (χ4n) is 3.15. The quantitative estimate of drug-likeness (QED) is 0.354. The average molecular weight is 395 g/mol. The number of ether oxygens (including phenoxy) is 1. The zero-order chi connectivity index (χ0) is 19.5. The first-order valence-electron chi connectivity index (χ1n) is 9.30. The van der Waals surface area contributed by atoms with Crippen molar-refractivity contribution < 1.29 is 4.74 Å². The van der Waals surface area contributed by atoms with Gasteiger partial charge in [0.05, 0.1) is 30.2 Å². The van der Waals surface area contributed by atoms with Crippen molar-refractivity contribution >= 4 is 28.4 Å². The largest absolute Gasteiger partial charge is 0.378 e. The van der Waals surface area contributed by atoms with Crippen LogP contribution >= 0.6 is 11.8 Å². The summed E-state index contributed by atoms with van der Waals surface area (Å²) >= 11 is 1.58. The summed E-state index contributed by atoms with van der Waals surface area (Å²) in [5.41, 5.74) is 1.81. The van der Waals surface area contributed by atoms with E-state index in [0.29, 0.717) is 24.3 Å². The molecule has 0 N–H and O–H groups in total. The highest BCUT2D eigenvalue weighted by Crippen LogP contribution is 2.22. The van der Waals surface area contributed by atoms with E-state index in [9.17, 15) is 4.79 Å². The van der Waals surface area contributed by atoms with Crippen LogP contribution in [0, 0.1) is 0 Å². The molecule has 0 aliphatic rings. The Bertz CT molecular complexity index is 1150. The van der Waals surface area contributed by atoms with Gasteiger partial charge in [0.1, 0.15) is 0 Å². The Balaban J connectivity index is 1.80. The molecular formula is C21H22N4O2S. The van der Waals surface area contributed by atoms with Crippen molar-refractivity contribution in [3.63, 3.8) is 0 Å². The van der Waals surface area contributed by atoms with Gasteiger partial charge in [0, 0.05) is 5.75 Å². The lowest BCUT2D eigenvalue weighted by Crippen LogP contribution is -2.24. The van der Waals surface area contributed by atoms with Crippen molar-refractivity contribution in [2.45, 2.75) is 31.7 Å². The number of hydrogen-bond donors (Lipinski definition) is 0. The summed E-state index contributed by atoms with van der Waals surface area (Å²) in [5.74, 6) is 1.32. The van der Waals surface area contributed by atoms with Crippen molar-refractivity contribution in [2.75, 3.05) is 12.4 Å². The third kappa shape index (κ3) is 3.68. The molecule has 6 nitrogen and oxygen atoms in total. The zero-order valence-electron chi connectivity index (χ0n) is 15.9. The molecule has 0 amide bonds. The second-order valence-electron chi connectivity index (χ2n) is 6.78. The molecule has 0 fully saturated rings. The molecule has 2 aromatic carbocycles. The predicted molar refractivity (Wildman–Crippen MR) is 112 cm³/mol. The van der Waals surface area contributed by atoms with Gasteiger partial charge in [-0.2, -0.15) is 0 Å². The first-order valence-corrected chi connectivity index (χ1v) is 10.3. The van der Waals surface area contributed by atoms with Crippen LogP contribution in [0.3, 0.4) is 0 Å². The van der Waals surface area contributed by atoms with E-state index >= 15 is 0 Å². The van der Waals surface area contributed by atoms with Gasteiger partial charge in [0.2, 0.25) is 5.78 Å². The van der Waals surface area contributed by atoms with Crippen LogP contribution in [0.15, 0.2) is 64.5 Å². The molecule has 2 aromatic heterocycles. The molecule has 144 valence electrons. The summed E-state index contributed by atoms with van der Waals surface area (Å²) in [5, 5.41) is 10.1. The molecule has 0 unspecified atom stereocenters. The Morgan fingerprint density at radius 3 is 2.57 bits per heavy atom. The van der Waals surface area contributed by atoms with E-state index in [2.05, 4.69) is 10.2 Å². The minimum absolute atomic E-state index is 0.0564. The molecule has 28 heavy (non-hydrogen) atoms. The van der Waals surface area contributed by atoms with Crippen molar-refractivity contribution in [1.82, 2.24) is 19.2 Å². The molecule has 0 aliphatic carbocycles. The monoisotopic (exact) mass is 394 g/mol. The summed E-state index contributed by atoms with van der Waals surface area (Å²) in [6, 6.07) is 17.5. The van der Waals surface area contributed by atoms with E-state index in [4.69, 9.17) is 4.74 Å². The standard InChI is InChI=1S/C21H22N4O2S/c1-15(2)27-12-13-28-21-23-22-20-24(14-16-8-4-3-5-9-16)19(26)17-10-6-7-11-18(17)25(20)21/h3-11,15H,12-14H2,1-2H3. The Kier molecular flexibility index (Phi) is 5.45. The molecule has 0 atom stereocenters. The molecule has 2 heterocycles. The molecule has 4 aromatic rings. The smallest absolute Gasteiger partial charge is 0.263 e. The molecule has 0 bridgehead atoms. The normalized spacial score (nSPS) is 11.7. The van der Waals surface area contributed by atoms with Gasteiger partial charge in [-0.1, -0.05) is 54.2 Å². The van der Waals surface area contributed by atoms with E-state index in [1.54, 1.807) is 16.3 Å². The maximum atomic E-state index is 13.1. The average Bonchev–Trinajstić information content (AvgIpc) is 3.13. The fraction of sp³-hybridized carbons (Fsp3) is 0.286. The second kappa shape index (κ2) is 8.16. The SMILES string of the molecule is CC(C)OCCSc1nnc2n(Cc3ccccc3)c(=O)c3ccccc3n12. The van der Waals surface area contributed by atoms with Gasteiger partial charge in [-0.3, -0.25) is 13.8 Å². The molecule has 0 spiro atoms. The lowest BCUT2D eigenvalue weighted by Gasteiger charge is -2.11. The fourth-order valence-corrected chi connectivity index (χ4v) is 3.92. The minimum Gasteiger partial charge on any atom is -0.378 e. The van der Waals surface area contributed by atoms with E-state index in [0.717, 1.165) is 22.0 Å². The Labute approximate surface area is 167 Å². The molecule has 4 rings (SSSR count). The third-order valence-electron chi connectivity index (χ3n) is 4.43. The number of nitrogens with zero attached hydrogens (tertiary/aromatic N) is 4. The summed E-state index contributed by atoms with van der Waals surface area (Å²) in [6.07, 6.45) is 0.202. The number of rotatable bonds is 7. The first-order chi connectivity index (χ1) is 13.6. The number of fused-ring (bicyclic) bond motifs is 3. The van der Waals surface area contributed by atoms with Crippen molar-refractivity contribution in [1.29, 1.82) is 0 Å². The molecule has 0 aliphatic heterocycles. The summed E-state index contributed by atoms with van der Waals surface area (Å²) in [6.45, 7) is 5.13. The third-order valence-corrected chi connectivity index (χ3v) is 5.32. The van der Waals surface area contributed by atoms with Gasteiger partial charge in [-0.15, -0.1) is 10.2 Å². The van der Waals surface area contributed by atoms with Gasteiger partial charge < -0.3 is 4.74 Å². The highest BCUT2D eigenvalue weighted by molar-refractivity contribution is 7.99. The molecule has 0 saturated heterocycles. The van der Waals surface area contributed by atoms with Gasteiger partial charge in [0.25, 0.3) is 5.56 Å². The van der Waals surface area contributed by atoms with Crippen LogP contribution in [-0.4, -0.2) is 37.6 Å². The second-order valence-corrected chi connectivity index (χ2v) is 7.84. The lowest BCUT2D eigenvalue weighted by atomic mass is 10.2. The van der Waals surface area contributed by atoms with Crippen LogP contribution in [0.25, 0.3) is 16.7 Å². The maximum Gasteiger partial charge on any atom is 0.263 e. The van der Waals surface area contributed by atoms with Crippen LogP contribution in [0.1, 0.15) is 19.4 Å². The first kappa shape index (κ1) is 18.7. The van der Waals surface area contributed by atoms with Gasteiger partial charge in [-0.25, -0.2) is 0 Å². The van der Waals surface area contributed by atoms with Crippen LogP contribution in [0.2, 0.25) is 0 Å². The molecular weight excluding hydrogens is 372 g/mol. The van der Waals surface area contributed by atoms with E-state index in [1.165, 1.54) is 0 Å². The zero-order valence-corrected chi connectivity index (χ0v) is 16.7. The molecule has 0 saturated carbocycles. The lowest BCUT2D eigenvalue weighted by molar-refractivity contribution is 0.0920. The number of thioether (sulfide) groups is 1. The number of benzene rings is 2. The highest BCUT2D eigenvalue weighted by Gasteiger charge is 2.16. The van der Waals surface area contributed by atoms with Crippen LogP contribution in [0.4, 0.5) is 0 Å². The highest BCUT2D eigenvalue weighted by atomic mass is 32.2. The predicted octanol–water partition coefficient (Wildman–Crippen LogP) is 3.61. The van der Waals surface area contributed by atoms with Crippen molar-refractivity contribution in [3.05, 3.63) is 70.5 Å². The summed E-state index contributed by atoms with van der Waals surface area (Å²) < 4.78 is 9.29. The number of hydrogen-bond acceptors (Lipinski definition) is 5. The summed E-state index contributed by atoms with van der Waals surface area (Å²) in [4.78, 5) is 13.1. The van der Waals surface area contributed by atoms with Crippen LogP contribution in [-0.2, 0) is 11.3 Å². The van der Waals surface area contributed by atoms with E-state index < -0.39 is 0 Å². The van der Waals surface area contributed by atoms with Crippen molar-refractivity contribution in [2.24, 2.45) is 0 Å². The van der Waals surface area contributed by atoms with Gasteiger partial charge >= 0.3 is 0 Å². The van der Waals surface area contributed by atoms with E-state index in [1.807, 2.05) is 72.8 Å². The van der Waals surface area contributed by atoms with Crippen molar-refractivity contribution in [3.8, 4) is 0 Å². The van der Waals surface area contributed by atoms with Crippen LogP contribution in [0.5, 0.6) is 0 Å². The van der Waals surface area contributed by atoms with Crippen LogP contribution < -0.4 is 5.56 Å². The minimum atomic E-state index is -0.0564. The topological polar surface area (TPSA) is 61.4 Å². The maximum absolute atomic E-state index is 13.1. The molecule has 0 radical (unpaired) electrons. The number of aromatic nitrogens is 4. The Morgan fingerprint density at radius 1 is 1.04 bits per heavy atom. The summed E-state index contributed by atoms with van der Waals surface area (Å²) in [7, 11) is 0. The Morgan fingerprint density at radius 2 is 1.79 bits per heavy atom. The Hall–Kier alpha value is -2.64. The van der Waals surface area contributed by atoms with E-state index in [-0.39, 0.29) is 11.7 Å². The number of para-hydroxylation sites is 1. The van der Waals surface area contributed by atoms with Gasteiger partial charge in [0.15, 0.2) is 5.16 Å².